The van der Waals surface area contributed by atoms with Crippen LogP contribution < -0.4 is 5.32 Å². The van der Waals surface area contributed by atoms with Gasteiger partial charge in [-0.3, -0.25) is 4.79 Å². The molecule has 1 atom stereocenters. The molecule has 1 fully saturated rings. The number of likely N-dealkylation sites (tertiary alicyclic amines) is 1. The van der Waals surface area contributed by atoms with Gasteiger partial charge in [0.15, 0.2) is 17.3 Å². The number of urea groups is 1. The van der Waals surface area contributed by atoms with Crippen molar-refractivity contribution >= 4 is 17.6 Å². The van der Waals surface area contributed by atoms with Crippen LogP contribution in [0.2, 0.25) is 0 Å². The first kappa shape index (κ1) is 18.4. The van der Waals surface area contributed by atoms with Crippen LogP contribution in [0.25, 0.3) is 0 Å². The zero-order valence-corrected chi connectivity index (χ0v) is 15.5. The Morgan fingerprint density at radius 2 is 1.93 bits per heavy atom. The van der Waals surface area contributed by atoms with Crippen molar-refractivity contribution in [1.82, 2.24) is 19.4 Å². The molecular formula is C19H21F2N5O2. The van der Waals surface area contributed by atoms with E-state index in [1.807, 2.05) is 11.5 Å². The van der Waals surface area contributed by atoms with Crippen LogP contribution >= 0.6 is 0 Å². The molecule has 1 saturated heterocycles. The maximum Gasteiger partial charge on any atom is 0.322 e. The van der Waals surface area contributed by atoms with Gasteiger partial charge in [-0.1, -0.05) is 0 Å². The van der Waals surface area contributed by atoms with Crippen molar-refractivity contribution in [2.45, 2.75) is 38.9 Å². The van der Waals surface area contributed by atoms with Crippen molar-refractivity contribution in [3.63, 3.8) is 0 Å². The van der Waals surface area contributed by atoms with Gasteiger partial charge in [0.1, 0.15) is 0 Å². The molecule has 1 aromatic carbocycles. The van der Waals surface area contributed by atoms with Crippen LogP contribution in [-0.4, -0.2) is 50.4 Å². The number of carbonyl (C=O) groups is 2. The van der Waals surface area contributed by atoms with E-state index in [-0.39, 0.29) is 24.2 Å². The van der Waals surface area contributed by atoms with Gasteiger partial charge in [0.25, 0.3) is 5.91 Å². The van der Waals surface area contributed by atoms with E-state index in [0.29, 0.717) is 17.9 Å². The fourth-order valence-corrected chi connectivity index (χ4v) is 3.72. The van der Waals surface area contributed by atoms with E-state index < -0.39 is 17.7 Å². The fourth-order valence-electron chi connectivity index (χ4n) is 3.72. The summed E-state index contributed by atoms with van der Waals surface area (Å²) in [7, 11) is 0. The Morgan fingerprint density at radius 3 is 2.64 bits per heavy atom. The summed E-state index contributed by atoms with van der Waals surface area (Å²) in [6.07, 6.45) is 3.61. The minimum Gasteiger partial charge on any atom is -0.337 e. The van der Waals surface area contributed by atoms with Crippen LogP contribution in [0, 0.1) is 11.6 Å². The summed E-state index contributed by atoms with van der Waals surface area (Å²) in [4.78, 5) is 33.1. The van der Waals surface area contributed by atoms with Crippen molar-refractivity contribution < 1.29 is 18.4 Å². The van der Waals surface area contributed by atoms with Crippen molar-refractivity contribution in [2.75, 3.05) is 18.4 Å². The lowest BCUT2D eigenvalue weighted by atomic mass is 10.1. The van der Waals surface area contributed by atoms with E-state index in [2.05, 4.69) is 10.3 Å². The van der Waals surface area contributed by atoms with Crippen LogP contribution in [0.5, 0.6) is 0 Å². The standard InChI is InChI=1S/C19H21F2N5O2/c1-12-9-25-11-22-17(18(27)24-6-2-3-7-24)16(25)10-26(12)19(28)23-13-4-5-14(20)15(21)8-13/h4-5,8,11-12H,2-3,6-7,9-10H2,1H3,(H,23,28)/t12-/m0/s1. The molecule has 148 valence electrons. The molecule has 0 saturated carbocycles. The molecule has 7 nitrogen and oxygen atoms in total. The first-order chi connectivity index (χ1) is 13.4. The number of aromatic nitrogens is 2. The van der Waals surface area contributed by atoms with E-state index in [1.165, 1.54) is 6.07 Å². The number of hydrogen-bond donors (Lipinski definition) is 1. The first-order valence-corrected chi connectivity index (χ1v) is 9.30. The van der Waals surface area contributed by atoms with Crippen molar-refractivity contribution in [3.05, 3.63) is 47.5 Å². The van der Waals surface area contributed by atoms with Gasteiger partial charge in [-0.15, -0.1) is 0 Å². The van der Waals surface area contributed by atoms with E-state index in [0.717, 1.165) is 38.1 Å². The van der Waals surface area contributed by atoms with Gasteiger partial charge in [0, 0.05) is 37.4 Å². The van der Waals surface area contributed by atoms with E-state index in [1.54, 1.807) is 16.1 Å². The lowest BCUT2D eigenvalue weighted by Gasteiger charge is -2.34. The highest BCUT2D eigenvalue weighted by atomic mass is 19.2. The molecule has 0 unspecified atom stereocenters. The minimum atomic E-state index is -1.03. The van der Waals surface area contributed by atoms with Crippen LogP contribution in [0.3, 0.4) is 0 Å². The fraction of sp³-hybridized carbons (Fsp3) is 0.421. The summed E-state index contributed by atoms with van der Waals surface area (Å²) in [6.45, 7) is 4.05. The zero-order chi connectivity index (χ0) is 19.8. The molecule has 0 bridgehead atoms. The summed E-state index contributed by atoms with van der Waals surface area (Å²) >= 11 is 0. The lowest BCUT2D eigenvalue weighted by Crippen LogP contribution is -2.47. The normalized spacial score (nSPS) is 18.9. The molecule has 1 aromatic heterocycles. The number of benzene rings is 1. The SMILES string of the molecule is C[C@H]1Cn2cnc(C(=O)N3CCCC3)c2CN1C(=O)Nc1ccc(F)c(F)c1. The van der Waals surface area contributed by atoms with Gasteiger partial charge in [-0.25, -0.2) is 18.6 Å². The van der Waals surface area contributed by atoms with Crippen LogP contribution in [0.15, 0.2) is 24.5 Å². The van der Waals surface area contributed by atoms with Crippen molar-refractivity contribution in [3.8, 4) is 0 Å². The molecule has 28 heavy (non-hydrogen) atoms. The highest BCUT2D eigenvalue weighted by molar-refractivity contribution is 5.94. The minimum absolute atomic E-state index is 0.109. The van der Waals surface area contributed by atoms with Gasteiger partial charge in [0.05, 0.1) is 18.6 Å². The molecule has 3 amide bonds. The Balaban J connectivity index is 1.53. The van der Waals surface area contributed by atoms with Gasteiger partial charge in [-0.2, -0.15) is 0 Å². The quantitative estimate of drug-likeness (QED) is 0.859. The molecule has 2 aliphatic rings. The third-order valence-corrected chi connectivity index (χ3v) is 5.29. The number of nitrogens with zero attached hydrogens (tertiary/aromatic N) is 4. The summed E-state index contributed by atoms with van der Waals surface area (Å²) in [5, 5.41) is 2.59. The maximum absolute atomic E-state index is 13.4. The third-order valence-electron chi connectivity index (χ3n) is 5.29. The predicted octanol–water partition coefficient (Wildman–Crippen LogP) is 2.83. The number of carbonyl (C=O) groups excluding carboxylic acids is 2. The highest BCUT2D eigenvalue weighted by Gasteiger charge is 2.33. The third kappa shape index (κ3) is 3.32. The lowest BCUT2D eigenvalue weighted by molar-refractivity contribution is 0.0782. The summed E-state index contributed by atoms with van der Waals surface area (Å²) in [6, 6.07) is 2.62. The predicted molar refractivity (Wildman–Crippen MR) is 97.7 cm³/mol. The molecule has 0 radical (unpaired) electrons. The molecule has 2 aliphatic heterocycles. The number of rotatable bonds is 2. The first-order valence-electron chi connectivity index (χ1n) is 9.30. The molecule has 2 aromatic rings. The zero-order valence-electron chi connectivity index (χ0n) is 15.5. The summed E-state index contributed by atoms with van der Waals surface area (Å²) in [5.74, 6) is -2.11. The Hall–Kier alpha value is -2.97. The smallest absolute Gasteiger partial charge is 0.322 e. The number of fused-ring (bicyclic) bond motifs is 1. The van der Waals surface area contributed by atoms with E-state index in [9.17, 15) is 18.4 Å². The maximum atomic E-state index is 13.4. The van der Waals surface area contributed by atoms with E-state index in [4.69, 9.17) is 0 Å². The second kappa shape index (κ2) is 7.21. The van der Waals surface area contributed by atoms with Crippen LogP contribution in [0.1, 0.15) is 35.9 Å². The monoisotopic (exact) mass is 389 g/mol. The topological polar surface area (TPSA) is 70.5 Å². The van der Waals surface area contributed by atoms with Crippen molar-refractivity contribution in [2.24, 2.45) is 0 Å². The second-order valence-electron chi connectivity index (χ2n) is 7.23. The van der Waals surface area contributed by atoms with Crippen molar-refractivity contribution in [1.29, 1.82) is 0 Å². The van der Waals surface area contributed by atoms with Gasteiger partial charge in [-0.05, 0) is 31.9 Å². The number of halogens is 2. The van der Waals surface area contributed by atoms with Gasteiger partial charge < -0.3 is 19.7 Å². The second-order valence-corrected chi connectivity index (χ2v) is 7.23. The van der Waals surface area contributed by atoms with Crippen LogP contribution in [-0.2, 0) is 13.1 Å². The Kier molecular flexibility index (Phi) is 4.74. The number of anilines is 1. The number of nitrogens with one attached hydrogen (secondary N) is 1. The number of imidazole rings is 1. The summed E-state index contributed by atoms with van der Waals surface area (Å²) < 4.78 is 28.4. The van der Waals surface area contributed by atoms with Gasteiger partial charge >= 0.3 is 6.03 Å². The molecular weight excluding hydrogens is 368 g/mol. The number of hydrogen-bond acceptors (Lipinski definition) is 3. The van der Waals surface area contributed by atoms with E-state index >= 15 is 0 Å². The highest BCUT2D eigenvalue weighted by Crippen LogP contribution is 2.24. The molecule has 0 aliphatic carbocycles. The molecule has 3 heterocycles. The molecule has 4 rings (SSSR count). The Bertz CT molecular complexity index is 923. The summed E-state index contributed by atoms with van der Waals surface area (Å²) in [5.41, 5.74) is 1.23. The van der Waals surface area contributed by atoms with Gasteiger partial charge in [0.2, 0.25) is 0 Å². The Morgan fingerprint density at radius 1 is 1.18 bits per heavy atom. The molecule has 0 spiro atoms. The average molecular weight is 389 g/mol. The largest absolute Gasteiger partial charge is 0.337 e. The Labute approximate surface area is 160 Å². The molecule has 1 N–H and O–H groups in total. The number of amides is 3. The van der Waals surface area contributed by atoms with Crippen LogP contribution in [0.4, 0.5) is 19.3 Å². The molecule has 9 heteroatoms. The average Bonchev–Trinajstić information content (AvgIpc) is 3.33.